The second kappa shape index (κ2) is 13.0. The Hall–Kier alpha value is -4.72. The summed E-state index contributed by atoms with van der Waals surface area (Å²) in [4.78, 5) is 0. The Morgan fingerprint density at radius 2 is 0.763 bits per heavy atom. The van der Waals surface area contributed by atoms with E-state index in [4.69, 9.17) is 37.9 Å². The van der Waals surface area contributed by atoms with Crippen LogP contribution in [0.5, 0.6) is 46.0 Å². The molecule has 8 nitrogen and oxygen atoms in total. The van der Waals surface area contributed by atoms with E-state index in [-0.39, 0.29) is 13.6 Å². The fourth-order valence-electron chi connectivity index (χ4n) is 3.80. The van der Waals surface area contributed by atoms with E-state index in [9.17, 15) is 0 Å². The van der Waals surface area contributed by atoms with Crippen LogP contribution in [0.1, 0.15) is 0 Å². The highest BCUT2D eigenvalue weighted by Crippen LogP contribution is 2.47. The van der Waals surface area contributed by atoms with Crippen LogP contribution in [-0.2, 0) is 0 Å². The van der Waals surface area contributed by atoms with Gasteiger partial charge < -0.3 is 37.9 Å². The molecule has 8 heteroatoms. The summed E-state index contributed by atoms with van der Waals surface area (Å²) in [5.41, 5.74) is 1.30. The van der Waals surface area contributed by atoms with Gasteiger partial charge in [0.25, 0.3) is 0 Å². The second-order valence-electron chi connectivity index (χ2n) is 7.84. The smallest absolute Gasteiger partial charge is 0.230 e. The second-order valence-corrected chi connectivity index (χ2v) is 7.84. The third kappa shape index (κ3) is 6.34. The predicted molar refractivity (Wildman–Crippen MR) is 143 cm³/mol. The fraction of sp³-hybridized carbons (Fsp3) is 0.200. The Labute approximate surface area is 222 Å². The number of hydrogen-bond donors (Lipinski definition) is 0. The molecular formula is C30H30O8. The van der Waals surface area contributed by atoms with E-state index in [1.165, 1.54) is 0 Å². The Kier molecular flexibility index (Phi) is 9.02. The largest absolute Gasteiger partial charge is 0.497 e. The summed E-state index contributed by atoms with van der Waals surface area (Å²) in [6.07, 6.45) is 0. The summed E-state index contributed by atoms with van der Waals surface area (Å²) in [6, 6.07) is 25.6. The Bertz CT molecular complexity index is 1230. The quantitative estimate of drug-likeness (QED) is 0.193. The Morgan fingerprint density at radius 3 is 1.16 bits per heavy atom. The van der Waals surface area contributed by atoms with Crippen molar-refractivity contribution in [3.63, 3.8) is 0 Å². The predicted octanol–water partition coefficient (Wildman–Crippen LogP) is 6.22. The van der Waals surface area contributed by atoms with Gasteiger partial charge in [0.1, 0.15) is 46.0 Å². The van der Waals surface area contributed by atoms with Crippen LogP contribution in [0.2, 0.25) is 0 Å². The Morgan fingerprint density at radius 1 is 0.395 bits per heavy atom. The third-order valence-corrected chi connectivity index (χ3v) is 5.63. The molecule has 0 saturated carbocycles. The minimum Gasteiger partial charge on any atom is -0.497 e. The average molecular weight is 519 g/mol. The van der Waals surface area contributed by atoms with Crippen LogP contribution in [-0.4, -0.2) is 42.0 Å². The van der Waals surface area contributed by atoms with Crippen molar-refractivity contribution < 1.29 is 37.9 Å². The minimum atomic E-state index is -0.0440. The number of benzene rings is 4. The summed E-state index contributed by atoms with van der Waals surface area (Å²) in [6.45, 7) is -0.0880. The minimum absolute atomic E-state index is 0.0440. The van der Waals surface area contributed by atoms with Gasteiger partial charge in [0.2, 0.25) is 13.6 Å². The van der Waals surface area contributed by atoms with Gasteiger partial charge in [-0.3, -0.25) is 0 Å². The van der Waals surface area contributed by atoms with Gasteiger partial charge in [0.15, 0.2) is 0 Å². The molecule has 4 aromatic carbocycles. The summed E-state index contributed by atoms with van der Waals surface area (Å²) in [5.74, 6) is 4.81. The molecule has 0 saturated heterocycles. The maximum Gasteiger partial charge on any atom is 0.230 e. The van der Waals surface area contributed by atoms with Crippen LogP contribution in [0, 0.1) is 0 Å². The van der Waals surface area contributed by atoms with Crippen molar-refractivity contribution in [2.45, 2.75) is 0 Å². The van der Waals surface area contributed by atoms with Crippen molar-refractivity contribution in [2.75, 3.05) is 42.0 Å². The molecule has 198 valence electrons. The first-order valence-corrected chi connectivity index (χ1v) is 11.8. The summed E-state index contributed by atoms with van der Waals surface area (Å²) >= 11 is 0. The molecule has 38 heavy (non-hydrogen) atoms. The number of ether oxygens (including phenoxy) is 8. The highest BCUT2D eigenvalue weighted by Gasteiger charge is 2.22. The van der Waals surface area contributed by atoms with Gasteiger partial charge in [-0.1, -0.05) is 24.3 Å². The molecule has 0 N–H and O–H groups in total. The van der Waals surface area contributed by atoms with Gasteiger partial charge in [-0.05, 0) is 48.5 Å². The summed E-state index contributed by atoms with van der Waals surface area (Å²) in [7, 11) is 6.40. The van der Waals surface area contributed by atoms with Crippen molar-refractivity contribution in [3.8, 4) is 57.1 Å². The van der Waals surface area contributed by atoms with Crippen LogP contribution in [0.3, 0.4) is 0 Å². The van der Waals surface area contributed by atoms with Crippen molar-refractivity contribution in [1.29, 1.82) is 0 Å². The Balaban J connectivity index is 1.59. The van der Waals surface area contributed by atoms with Gasteiger partial charge in [-0.25, -0.2) is 0 Å². The van der Waals surface area contributed by atoms with Gasteiger partial charge in [-0.15, -0.1) is 0 Å². The van der Waals surface area contributed by atoms with Crippen LogP contribution in [0.25, 0.3) is 11.1 Å². The van der Waals surface area contributed by atoms with E-state index in [1.807, 2.05) is 72.8 Å². The molecule has 4 rings (SSSR count). The number of methoxy groups -OCH3 is 4. The molecule has 0 radical (unpaired) electrons. The molecule has 0 amide bonds. The zero-order valence-electron chi connectivity index (χ0n) is 21.8. The molecule has 4 aromatic rings. The fourth-order valence-corrected chi connectivity index (χ4v) is 3.80. The standard InChI is InChI=1S/C30H30O8/c1-31-21-9-5-11-23(17-21)35-19-37-27-15-7-13-25(33-3)29(27)30-26(34-4)14-8-16-28(30)38-20-36-24-12-6-10-22(18-24)32-2/h5-18H,19-20H2,1-4H3. The zero-order valence-corrected chi connectivity index (χ0v) is 21.8. The van der Waals surface area contributed by atoms with Crippen LogP contribution < -0.4 is 37.9 Å². The first-order chi connectivity index (χ1) is 18.7. The molecule has 0 aliphatic carbocycles. The van der Waals surface area contributed by atoms with E-state index in [1.54, 1.807) is 40.6 Å². The normalized spacial score (nSPS) is 10.3. The zero-order chi connectivity index (χ0) is 26.7. The van der Waals surface area contributed by atoms with E-state index in [0.29, 0.717) is 57.1 Å². The maximum atomic E-state index is 6.07. The number of hydrogen-bond acceptors (Lipinski definition) is 8. The molecule has 0 aromatic heterocycles. The highest BCUT2D eigenvalue weighted by atomic mass is 16.7. The van der Waals surface area contributed by atoms with Crippen molar-refractivity contribution in [2.24, 2.45) is 0 Å². The van der Waals surface area contributed by atoms with Gasteiger partial charge in [-0.2, -0.15) is 0 Å². The maximum absolute atomic E-state index is 6.07. The summed E-state index contributed by atoms with van der Waals surface area (Å²) < 4.78 is 45.6. The monoisotopic (exact) mass is 518 g/mol. The van der Waals surface area contributed by atoms with E-state index in [2.05, 4.69) is 0 Å². The van der Waals surface area contributed by atoms with Crippen LogP contribution in [0.4, 0.5) is 0 Å². The van der Waals surface area contributed by atoms with E-state index in [0.717, 1.165) is 0 Å². The van der Waals surface area contributed by atoms with Crippen molar-refractivity contribution >= 4 is 0 Å². The van der Waals surface area contributed by atoms with Gasteiger partial charge in [0, 0.05) is 12.1 Å². The van der Waals surface area contributed by atoms with Crippen LogP contribution in [0.15, 0.2) is 84.9 Å². The number of rotatable bonds is 13. The highest BCUT2D eigenvalue weighted by molar-refractivity contribution is 5.85. The molecular weight excluding hydrogens is 488 g/mol. The van der Waals surface area contributed by atoms with Gasteiger partial charge in [0.05, 0.1) is 39.6 Å². The van der Waals surface area contributed by atoms with Crippen molar-refractivity contribution in [3.05, 3.63) is 84.9 Å². The van der Waals surface area contributed by atoms with Crippen LogP contribution >= 0.6 is 0 Å². The molecule has 0 spiro atoms. The van der Waals surface area contributed by atoms with E-state index >= 15 is 0 Å². The molecule has 0 bridgehead atoms. The molecule has 0 heterocycles. The van der Waals surface area contributed by atoms with Crippen molar-refractivity contribution in [1.82, 2.24) is 0 Å². The lowest BCUT2D eigenvalue weighted by Crippen LogP contribution is -2.09. The first-order valence-electron chi connectivity index (χ1n) is 11.8. The molecule has 0 aliphatic rings. The third-order valence-electron chi connectivity index (χ3n) is 5.63. The molecule has 0 unspecified atom stereocenters. The summed E-state index contributed by atoms with van der Waals surface area (Å²) in [5, 5.41) is 0. The molecule has 0 atom stereocenters. The average Bonchev–Trinajstić information content (AvgIpc) is 2.97. The lowest BCUT2D eigenvalue weighted by molar-refractivity contribution is 0.117. The topological polar surface area (TPSA) is 73.8 Å². The van der Waals surface area contributed by atoms with E-state index < -0.39 is 0 Å². The lowest BCUT2D eigenvalue weighted by atomic mass is 10.0. The SMILES string of the molecule is COc1cccc(OCOc2cccc(OC)c2-c2c(OC)cccc2OCOc2cccc(OC)c2)c1. The lowest BCUT2D eigenvalue weighted by Gasteiger charge is -2.20. The molecule has 0 fully saturated rings. The molecule has 0 aliphatic heterocycles. The van der Waals surface area contributed by atoms with Gasteiger partial charge >= 0.3 is 0 Å². The first kappa shape index (κ1) is 26.3.